The van der Waals surface area contributed by atoms with E-state index in [4.69, 9.17) is 5.11 Å². The molecule has 1 fully saturated rings. The summed E-state index contributed by atoms with van der Waals surface area (Å²) in [4.78, 5) is 19.5. The molecular weight excluding hydrogens is 182 g/mol. The minimum absolute atomic E-state index is 0.0857. The second kappa shape index (κ2) is 3.32. The summed E-state index contributed by atoms with van der Waals surface area (Å²) < 4.78 is 0. The maximum atomic E-state index is 11.0. The normalized spacial score (nSPS) is 26.8. The van der Waals surface area contributed by atoms with Gasteiger partial charge < -0.3 is 10.1 Å². The molecule has 1 aromatic heterocycles. The van der Waals surface area contributed by atoms with E-state index in [-0.39, 0.29) is 12.1 Å². The Morgan fingerprint density at radius 2 is 2.50 bits per heavy atom. The summed E-state index contributed by atoms with van der Waals surface area (Å²) >= 11 is 0. The summed E-state index contributed by atoms with van der Waals surface area (Å²) in [6.45, 7) is 1.93. The number of nitrogens with zero attached hydrogens (tertiary/aromatic N) is 2. The average Bonchev–Trinajstić information content (AvgIpc) is 2.70. The van der Waals surface area contributed by atoms with Crippen molar-refractivity contribution in [3.8, 4) is 0 Å². The summed E-state index contributed by atoms with van der Waals surface area (Å²) in [5.41, 5.74) is 0. The van der Waals surface area contributed by atoms with E-state index in [1.165, 1.54) is 4.90 Å². The fourth-order valence-electron chi connectivity index (χ4n) is 2.03. The molecule has 2 atom stereocenters. The topological polar surface area (TPSA) is 69.2 Å². The van der Waals surface area contributed by atoms with Crippen LogP contribution in [0.1, 0.15) is 31.6 Å². The van der Waals surface area contributed by atoms with Crippen molar-refractivity contribution >= 4 is 6.09 Å². The third-order valence-electron chi connectivity index (χ3n) is 2.72. The van der Waals surface area contributed by atoms with Crippen LogP contribution in [0.15, 0.2) is 12.4 Å². The first-order valence-corrected chi connectivity index (χ1v) is 4.70. The van der Waals surface area contributed by atoms with Crippen molar-refractivity contribution in [2.45, 2.75) is 31.8 Å². The molecule has 0 bridgehead atoms. The Morgan fingerprint density at radius 3 is 3.07 bits per heavy atom. The molecule has 0 aromatic carbocycles. The smallest absolute Gasteiger partial charge is 0.408 e. The minimum Gasteiger partial charge on any atom is -0.465 e. The lowest BCUT2D eigenvalue weighted by Gasteiger charge is -2.23. The highest BCUT2D eigenvalue weighted by atomic mass is 16.4. The zero-order valence-electron chi connectivity index (χ0n) is 7.97. The highest BCUT2D eigenvalue weighted by Gasteiger charge is 2.36. The van der Waals surface area contributed by atoms with Crippen LogP contribution >= 0.6 is 0 Å². The predicted octanol–water partition coefficient (Wildman–Crippen LogP) is 1.61. The van der Waals surface area contributed by atoms with E-state index in [0.717, 1.165) is 18.7 Å². The fraction of sp³-hybridized carbons (Fsp3) is 0.556. The molecule has 1 saturated heterocycles. The Balaban J connectivity index is 2.24. The summed E-state index contributed by atoms with van der Waals surface area (Å²) in [6, 6.07) is -0.0138. The first-order chi connectivity index (χ1) is 6.70. The van der Waals surface area contributed by atoms with Crippen molar-refractivity contribution in [2.24, 2.45) is 0 Å². The first-order valence-electron chi connectivity index (χ1n) is 4.70. The Hall–Kier alpha value is -1.52. The fourth-order valence-corrected chi connectivity index (χ4v) is 2.03. The number of amides is 1. The van der Waals surface area contributed by atoms with Gasteiger partial charge in [0.15, 0.2) is 0 Å². The van der Waals surface area contributed by atoms with Gasteiger partial charge in [-0.2, -0.15) is 0 Å². The van der Waals surface area contributed by atoms with E-state index >= 15 is 0 Å². The average molecular weight is 195 g/mol. The molecule has 2 rings (SSSR count). The summed E-state index contributed by atoms with van der Waals surface area (Å²) in [6.07, 6.45) is 4.26. The number of likely N-dealkylation sites (tertiary alicyclic amines) is 1. The zero-order valence-corrected chi connectivity index (χ0v) is 7.97. The maximum absolute atomic E-state index is 11.0. The van der Waals surface area contributed by atoms with E-state index < -0.39 is 6.09 Å². The number of aromatic nitrogens is 2. The van der Waals surface area contributed by atoms with E-state index in [1.54, 1.807) is 12.4 Å². The van der Waals surface area contributed by atoms with Gasteiger partial charge in [0.05, 0.1) is 6.04 Å². The minimum atomic E-state index is -0.864. The van der Waals surface area contributed by atoms with Gasteiger partial charge in [0.25, 0.3) is 0 Å². The van der Waals surface area contributed by atoms with Crippen LogP contribution in [0.3, 0.4) is 0 Å². The number of aromatic amines is 1. The Kier molecular flexibility index (Phi) is 2.15. The molecule has 2 heterocycles. The summed E-state index contributed by atoms with van der Waals surface area (Å²) in [5, 5.41) is 9.04. The van der Waals surface area contributed by atoms with Crippen molar-refractivity contribution in [1.82, 2.24) is 14.9 Å². The molecule has 0 spiro atoms. The maximum Gasteiger partial charge on any atom is 0.408 e. The highest BCUT2D eigenvalue weighted by Crippen LogP contribution is 2.33. The lowest BCUT2D eigenvalue weighted by Crippen LogP contribution is -2.34. The molecule has 1 aromatic rings. The molecule has 2 N–H and O–H groups in total. The van der Waals surface area contributed by atoms with Crippen molar-refractivity contribution in [3.05, 3.63) is 18.2 Å². The van der Waals surface area contributed by atoms with Crippen molar-refractivity contribution in [3.63, 3.8) is 0 Å². The number of rotatable bonds is 1. The third-order valence-corrected chi connectivity index (χ3v) is 2.72. The molecule has 76 valence electrons. The molecule has 1 aliphatic heterocycles. The third kappa shape index (κ3) is 1.34. The molecular formula is C9H13N3O2. The standard InChI is InChI=1S/C9H13N3O2/c1-6-2-3-7(12(6)9(13)14)8-10-4-5-11-8/h4-7H,2-3H2,1H3,(H,10,11)(H,13,14)/t6-,7-/m0/s1. The molecule has 1 aliphatic rings. The number of hydrogen-bond donors (Lipinski definition) is 2. The number of hydrogen-bond acceptors (Lipinski definition) is 2. The van der Waals surface area contributed by atoms with Gasteiger partial charge in [-0.1, -0.05) is 0 Å². The van der Waals surface area contributed by atoms with E-state index in [9.17, 15) is 4.79 Å². The molecule has 0 radical (unpaired) electrons. The first kappa shape index (κ1) is 9.05. The van der Waals surface area contributed by atoms with Crippen LogP contribution in [-0.2, 0) is 0 Å². The summed E-state index contributed by atoms with van der Waals surface area (Å²) in [7, 11) is 0. The van der Waals surface area contributed by atoms with Crippen LogP contribution in [0, 0.1) is 0 Å². The van der Waals surface area contributed by atoms with Crippen molar-refractivity contribution in [2.75, 3.05) is 0 Å². The second-order valence-electron chi connectivity index (χ2n) is 3.61. The van der Waals surface area contributed by atoms with Crippen LogP contribution in [-0.4, -0.2) is 32.1 Å². The van der Waals surface area contributed by atoms with Gasteiger partial charge in [0.2, 0.25) is 0 Å². The summed E-state index contributed by atoms with van der Waals surface area (Å²) in [5.74, 6) is 0.747. The van der Waals surface area contributed by atoms with E-state index in [1.807, 2.05) is 6.92 Å². The van der Waals surface area contributed by atoms with Gasteiger partial charge in [0.1, 0.15) is 5.82 Å². The van der Waals surface area contributed by atoms with Crippen molar-refractivity contribution in [1.29, 1.82) is 0 Å². The van der Waals surface area contributed by atoms with E-state index in [2.05, 4.69) is 9.97 Å². The van der Waals surface area contributed by atoms with Crippen LogP contribution < -0.4 is 0 Å². The number of carboxylic acid groups (broad SMARTS) is 1. The van der Waals surface area contributed by atoms with Crippen molar-refractivity contribution < 1.29 is 9.90 Å². The van der Waals surface area contributed by atoms with Gasteiger partial charge in [-0.05, 0) is 19.8 Å². The second-order valence-corrected chi connectivity index (χ2v) is 3.61. The molecule has 5 nitrogen and oxygen atoms in total. The Labute approximate surface area is 81.8 Å². The van der Waals surface area contributed by atoms with Gasteiger partial charge in [-0.3, -0.25) is 4.90 Å². The zero-order chi connectivity index (χ0) is 10.1. The van der Waals surface area contributed by atoms with Crippen LogP contribution in [0.4, 0.5) is 4.79 Å². The molecule has 0 unspecified atom stereocenters. The number of H-pyrrole nitrogens is 1. The molecule has 14 heavy (non-hydrogen) atoms. The van der Waals surface area contributed by atoms with Crippen LogP contribution in [0.5, 0.6) is 0 Å². The molecule has 5 heteroatoms. The van der Waals surface area contributed by atoms with E-state index in [0.29, 0.717) is 0 Å². The van der Waals surface area contributed by atoms with Gasteiger partial charge in [0, 0.05) is 18.4 Å². The largest absolute Gasteiger partial charge is 0.465 e. The number of carbonyl (C=O) groups is 1. The van der Waals surface area contributed by atoms with Crippen LogP contribution in [0.25, 0.3) is 0 Å². The van der Waals surface area contributed by atoms with Gasteiger partial charge in [-0.25, -0.2) is 9.78 Å². The number of imidazole rings is 1. The molecule has 0 saturated carbocycles. The van der Waals surface area contributed by atoms with Gasteiger partial charge >= 0.3 is 6.09 Å². The monoisotopic (exact) mass is 195 g/mol. The van der Waals surface area contributed by atoms with Crippen LogP contribution in [0.2, 0.25) is 0 Å². The Bertz CT molecular complexity index is 323. The highest BCUT2D eigenvalue weighted by molar-refractivity contribution is 5.66. The predicted molar refractivity (Wildman–Crippen MR) is 49.9 cm³/mol. The Morgan fingerprint density at radius 1 is 1.71 bits per heavy atom. The lowest BCUT2D eigenvalue weighted by atomic mass is 10.2. The SMILES string of the molecule is C[C@H]1CC[C@@H](c2ncc[nH]2)N1C(=O)O. The molecule has 1 amide bonds. The lowest BCUT2D eigenvalue weighted by molar-refractivity contribution is 0.123. The van der Waals surface area contributed by atoms with Gasteiger partial charge in [-0.15, -0.1) is 0 Å². The number of nitrogens with one attached hydrogen (secondary N) is 1. The molecule has 0 aliphatic carbocycles. The quantitative estimate of drug-likeness (QED) is 0.715.